The van der Waals surface area contributed by atoms with Gasteiger partial charge in [-0.15, -0.1) is 0 Å². The highest BCUT2D eigenvalue weighted by molar-refractivity contribution is 8.14. The molecule has 4 heteroatoms. The third-order valence-electron chi connectivity index (χ3n) is 1.99. The number of hydrogen-bond acceptors (Lipinski definition) is 4. The van der Waals surface area contributed by atoms with Crippen molar-refractivity contribution in [1.82, 2.24) is 0 Å². The molecule has 1 rings (SSSR count). The van der Waals surface area contributed by atoms with Crippen LogP contribution in [0.5, 0.6) is 0 Å². The second-order valence-electron chi connectivity index (χ2n) is 3.20. The van der Waals surface area contributed by atoms with Crippen LogP contribution in [0, 0.1) is 6.92 Å². The van der Waals surface area contributed by atoms with Gasteiger partial charge in [0.15, 0.2) is 0 Å². The Morgan fingerprint density at radius 2 is 2.00 bits per heavy atom. The second kappa shape index (κ2) is 6.33. The molecule has 0 heterocycles. The highest BCUT2D eigenvalue weighted by atomic mass is 32.2. The molecule has 1 aromatic carbocycles. The number of esters is 1. The molecule has 3 nitrogen and oxygen atoms in total. The van der Waals surface area contributed by atoms with Crippen LogP contribution in [-0.2, 0) is 9.53 Å². The van der Waals surface area contributed by atoms with Gasteiger partial charge in [0.1, 0.15) is 0 Å². The lowest BCUT2D eigenvalue weighted by molar-refractivity contribution is -0.139. The zero-order valence-corrected chi connectivity index (χ0v) is 10.2. The van der Waals surface area contributed by atoms with Crippen molar-refractivity contribution in [1.29, 1.82) is 0 Å². The Morgan fingerprint density at radius 1 is 1.31 bits per heavy atom. The van der Waals surface area contributed by atoms with Crippen molar-refractivity contribution in [3.8, 4) is 0 Å². The summed E-state index contributed by atoms with van der Waals surface area (Å²) >= 11 is 0.978. The fourth-order valence-corrected chi connectivity index (χ4v) is 1.92. The number of benzene rings is 1. The van der Waals surface area contributed by atoms with Gasteiger partial charge in [0.25, 0.3) is 0 Å². The molecule has 0 bridgehead atoms. The standard InChI is InChI=1S/C12H14O3S/c1-3-15-11(13)8-16-12(14)10-7-5-4-6-9(10)2/h4-7H,3,8H2,1-2H3. The molecule has 0 fully saturated rings. The highest BCUT2D eigenvalue weighted by Crippen LogP contribution is 2.16. The van der Waals surface area contributed by atoms with Gasteiger partial charge >= 0.3 is 5.97 Å². The van der Waals surface area contributed by atoms with Crippen molar-refractivity contribution in [3.05, 3.63) is 35.4 Å². The zero-order chi connectivity index (χ0) is 12.0. The molecule has 16 heavy (non-hydrogen) atoms. The molecule has 0 aromatic heterocycles. The van der Waals surface area contributed by atoms with Gasteiger partial charge in [-0.2, -0.15) is 0 Å². The molecule has 86 valence electrons. The zero-order valence-electron chi connectivity index (χ0n) is 9.36. The number of thioether (sulfide) groups is 1. The molecule has 0 radical (unpaired) electrons. The van der Waals surface area contributed by atoms with E-state index in [2.05, 4.69) is 0 Å². The van der Waals surface area contributed by atoms with Gasteiger partial charge in [-0.05, 0) is 19.4 Å². The van der Waals surface area contributed by atoms with E-state index in [-0.39, 0.29) is 16.8 Å². The Labute approximate surface area is 99.2 Å². The van der Waals surface area contributed by atoms with Crippen molar-refractivity contribution in [3.63, 3.8) is 0 Å². The van der Waals surface area contributed by atoms with Crippen molar-refractivity contribution in [2.45, 2.75) is 13.8 Å². The third kappa shape index (κ3) is 3.70. The van der Waals surface area contributed by atoms with E-state index in [1.165, 1.54) is 0 Å². The molecule has 0 aliphatic carbocycles. The molecule has 0 amide bonds. The fraction of sp³-hybridized carbons (Fsp3) is 0.333. The smallest absolute Gasteiger partial charge is 0.316 e. The number of ether oxygens (including phenoxy) is 1. The first-order valence-corrected chi connectivity index (χ1v) is 6.02. The van der Waals surface area contributed by atoms with Crippen LogP contribution in [0.2, 0.25) is 0 Å². The van der Waals surface area contributed by atoms with E-state index < -0.39 is 0 Å². The monoisotopic (exact) mass is 238 g/mol. The number of hydrogen-bond donors (Lipinski definition) is 0. The summed E-state index contributed by atoms with van der Waals surface area (Å²) in [4.78, 5) is 22.8. The van der Waals surface area contributed by atoms with Crippen LogP contribution >= 0.6 is 11.8 Å². The molecule has 0 saturated heterocycles. The maximum atomic E-state index is 11.7. The first-order chi connectivity index (χ1) is 7.65. The number of aryl methyl sites for hydroxylation is 1. The average molecular weight is 238 g/mol. The van der Waals surface area contributed by atoms with Crippen LogP contribution < -0.4 is 0 Å². The average Bonchev–Trinajstić information content (AvgIpc) is 2.27. The lowest BCUT2D eigenvalue weighted by Crippen LogP contribution is -2.09. The Hall–Kier alpha value is -1.29. The predicted octanol–water partition coefficient (Wildman–Crippen LogP) is 2.43. The van der Waals surface area contributed by atoms with Crippen molar-refractivity contribution in [2.75, 3.05) is 12.4 Å². The minimum atomic E-state index is -0.352. The van der Waals surface area contributed by atoms with Crippen molar-refractivity contribution in [2.24, 2.45) is 0 Å². The van der Waals surface area contributed by atoms with Gasteiger partial charge in [-0.3, -0.25) is 9.59 Å². The molecular weight excluding hydrogens is 224 g/mol. The Morgan fingerprint density at radius 3 is 2.62 bits per heavy atom. The second-order valence-corrected chi connectivity index (χ2v) is 4.14. The largest absolute Gasteiger partial charge is 0.465 e. The summed E-state index contributed by atoms with van der Waals surface area (Å²) in [6.07, 6.45) is 0. The SMILES string of the molecule is CCOC(=O)CSC(=O)c1ccccc1C. The Balaban J connectivity index is 2.54. The number of carbonyl (C=O) groups excluding carboxylic acids is 2. The molecule has 0 spiro atoms. The molecule has 0 aliphatic rings. The van der Waals surface area contributed by atoms with Gasteiger partial charge in [0, 0.05) is 5.56 Å². The predicted molar refractivity (Wildman–Crippen MR) is 64.6 cm³/mol. The molecule has 0 saturated carbocycles. The topological polar surface area (TPSA) is 43.4 Å². The van der Waals surface area contributed by atoms with Gasteiger partial charge in [0.05, 0.1) is 12.4 Å². The summed E-state index contributed by atoms with van der Waals surface area (Å²) in [5.41, 5.74) is 1.57. The van der Waals surface area contributed by atoms with Crippen LogP contribution in [0.1, 0.15) is 22.8 Å². The summed E-state index contributed by atoms with van der Waals surface area (Å²) in [5.74, 6) is -0.282. The van der Waals surface area contributed by atoms with Crippen LogP contribution in [0.25, 0.3) is 0 Å². The number of carbonyl (C=O) groups is 2. The fourth-order valence-electron chi connectivity index (χ4n) is 1.21. The van der Waals surface area contributed by atoms with E-state index in [4.69, 9.17) is 4.74 Å². The Bertz CT molecular complexity index is 388. The summed E-state index contributed by atoms with van der Waals surface area (Å²) in [6, 6.07) is 7.32. The van der Waals surface area contributed by atoms with Gasteiger partial charge in [-0.25, -0.2) is 0 Å². The van der Waals surface area contributed by atoms with Gasteiger partial charge in [0.2, 0.25) is 5.12 Å². The first kappa shape index (κ1) is 12.8. The lowest BCUT2D eigenvalue weighted by atomic mass is 10.1. The van der Waals surface area contributed by atoms with E-state index >= 15 is 0 Å². The van der Waals surface area contributed by atoms with Crippen LogP contribution in [-0.4, -0.2) is 23.4 Å². The first-order valence-electron chi connectivity index (χ1n) is 5.03. The molecule has 1 aromatic rings. The van der Waals surface area contributed by atoms with E-state index in [0.29, 0.717) is 12.2 Å². The van der Waals surface area contributed by atoms with Crippen LogP contribution in [0.15, 0.2) is 24.3 Å². The van der Waals surface area contributed by atoms with Crippen LogP contribution in [0.4, 0.5) is 0 Å². The quantitative estimate of drug-likeness (QED) is 0.756. The van der Waals surface area contributed by atoms with Gasteiger partial charge in [-0.1, -0.05) is 36.0 Å². The van der Waals surface area contributed by atoms with Crippen molar-refractivity contribution >= 4 is 22.8 Å². The summed E-state index contributed by atoms with van der Waals surface area (Å²) < 4.78 is 4.75. The normalized spacial score (nSPS) is 9.88. The maximum Gasteiger partial charge on any atom is 0.316 e. The van der Waals surface area contributed by atoms with E-state index in [1.54, 1.807) is 13.0 Å². The van der Waals surface area contributed by atoms with E-state index in [1.807, 2.05) is 25.1 Å². The Kier molecular flexibility index (Phi) is 5.05. The summed E-state index contributed by atoms with van der Waals surface area (Å²) in [7, 11) is 0. The molecule has 0 N–H and O–H groups in total. The lowest BCUT2D eigenvalue weighted by Gasteiger charge is -2.03. The number of rotatable bonds is 4. The van der Waals surface area contributed by atoms with E-state index in [0.717, 1.165) is 17.3 Å². The minimum absolute atomic E-state index is 0.0704. The van der Waals surface area contributed by atoms with Crippen molar-refractivity contribution < 1.29 is 14.3 Å². The summed E-state index contributed by atoms with van der Waals surface area (Å²) in [5, 5.41) is -0.0915. The molecule has 0 aliphatic heterocycles. The molecule has 0 unspecified atom stereocenters. The maximum absolute atomic E-state index is 11.7. The molecule has 0 atom stereocenters. The highest BCUT2D eigenvalue weighted by Gasteiger charge is 2.11. The van der Waals surface area contributed by atoms with E-state index in [9.17, 15) is 9.59 Å². The molecular formula is C12H14O3S. The summed E-state index contributed by atoms with van der Waals surface area (Å²) in [6.45, 7) is 3.96. The van der Waals surface area contributed by atoms with Crippen LogP contribution in [0.3, 0.4) is 0 Å². The van der Waals surface area contributed by atoms with Gasteiger partial charge < -0.3 is 4.74 Å². The minimum Gasteiger partial charge on any atom is -0.465 e. The third-order valence-corrected chi connectivity index (χ3v) is 2.85.